The van der Waals surface area contributed by atoms with Crippen molar-refractivity contribution in [1.29, 1.82) is 0 Å². The topological polar surface area (TPSA) is 57.4 Å². The normalized spacial score (nSPS) is 22.6. The fraction of sp³-hybridized carbons (Fsp3) is 0.846. The number of piperazine rings is 1. The van der Waals surface area contributed by atoms with Gasteiger partial charge >= 0.3 is 0 Å². The second-order valence-electron chi connectivity index (χ2n) is 5.48. The molecule has 2 aliphatic heterocycles. The summed E-state index contributed by atoms with van der Waals surface area (Å²) in [7, 11) is 0. The summed E-state index contributed by atoms with van der Waals surface area (Å²) >= 11 is 0. The van der Waals surface area contributed by atoms with Gasteiger partial charge in [-0.1, -0.05) is 12.1 Å². The molecule has 0 atom stereocenters. The molecule has 1 aromatic rings. The van der Waals surface area contributed by atoms with Gasteiger partial charge in [0.2, 0.25) is 5.89 Å². The van der Waals surface area contributed by atoms with Gasteiger partial charge in [-0.25, -0.2) is 0 Å². The number of aryl methyl sites for hydroxylation is 1. The van der Waals surface area contributed by atoms with Gasteiger partial charge in [-0.2, -0.15) is 4.98 Å². The molecule has 2 fully saturated rings. The van der Waals surface area contributed by atoms with Gasteiger partial charge in [0.05, 0.1) is 6.54 Å². The summed E-state index contributed by atoms with van der Waals surface area (Å²) in [6.07, 6.45) is 1.97. The van der Waals surface area contributed by atoms with Crippen LogP contribution in [0.25, 0.3) is 0 Å². The fourth-order valence-electron chi connectivity index (χ4n) is 2.69. The lowest BCUT2D eigenvalue weighted by Crippen LogP contribution is -2.61. The minimum atomic E-state index is 0.765. The summed E-state index contributed by atoms with van der Waals surface area (Å²) < 4.78 is 5.30. The molecule has 0 aromatic carbocycles. The van der Waals surface area contributed by atoms with Crippen molar-refractivity contribution in [3.05, 3.63) is 11.7 Å². The third-order valence-corrected chi connectivity index (χ3v) is 4.03. The summed E-state index contributed by atoms with van der Waals surface area (Å²) in [5, 5.41) is 7.34. The molecule has 106 valence electrons. The van der Waals surface area contributed by atoms with Crippen LogP contribution in [0, 0.1) is 0 Å². The van der Waals surface area contributed by atoms with Crippen molar-refractivity contribution in [2.75, 3.05) is 39.3 Å². The van der Waals surface area contributed by atoms with Crippen LogP contribution in [-0.4, -0.2) is 65.3 Å². The van der Waals surface area contributed by atoms with Crippen LogP contribution in [0.3, 0.4) is 0 Å². The smallest absolute Gasteiger partial charge is 0.240 e. The van der Waals surface area contributed by atoms with Crippen molar-refractivity contribution in [3.63, 3.8) is 0 Å². The molecular weight excluding hydrogens is 242 g/mol. The average Bonchev–Trinajstić information content (AvgIpc) is 2.78. The molecule has 6 nitrogen and oxygen atoms in total. The Morgan fingerprint density at radius 2 is 2.05 bits per heavy atom. The molecule has 0 spiro atoms. The van der Waals surface area contributed by atoms with Gasteiger partial charge in [-0.15, -0.1) is 0 Å². The summed E-state index contributed by atoms with van der Waals surface area (Å²) in [6.45, 7) is 9.75. The van der Waals surface area contributed by atoms with Crippen molar-refractivity contribution in [3.8, 4) is 0 Å². The van der Waals surface area contributed by atoms with Crippen LogP contribution in [0.4, 0.5) is 0 Å². The van der Waals surface area contributed by atoms with E-state index in [1.165, 1.54) is 0 Å². The Morgan fingerprint density at radius 1 is 1.26 bits per heavy atom. The molecule has 3 rings (SSSR count). The molecule has 2 aliphatic rings. The van der Waals surface area contributed by atoms with Gasteiger partial charge < -0.3 is 9.84 Å². The van der Waals surface area contributed by atoms with E-state index in [1.807, 2.05) is 0 Å². The van der Waals surface area contributed by atoms with Crippen molar-refractivity contribution >= 4 is 0 Å². The van der Waals surface area contributed by atoms with E-state index in [0.29, 0.717) is 0 Å². The Hall–Kier alpha value is -0.980. The largest absolute Gasteiger partial charge is 0.338 e. The Morgan fingerprint density at radius 3 is 2.68 bits per heavy atom. The molecule has 0 unspecified atom stereocenters. The number of aromatic nitrogens is 2. The minimum Gasteiger partial charge on any atom is -0.338 e. The van der Waals surface area contributed by atoms with Crippen molar-refractivity contribution in [2.24, 2.45) is 0 Å². The predicted molar refractivity (Wildman–Crippen MR) is 71.8 cm³/mol. The zero-order chi connectivity index (χ0) is 13.1. The highest BCUT2D eigenvalue weighted by Gasteiger charge is 2.28. The second kappa shape index (κ2) is 5.98. The van der Waals surface area contributed by atoms with E-state index < -0.39 is 0 Å². The predicted octanol–water partition coefficient (Wildman–Crippen LogP) is 0.112. The zero-order valence-corrected chi connectivity index (χ0v) is 11.6. The van der Waals surface area contributed by atoms with E-state index in [1.54, 1.807) is 0 Å². The van der Waals surface area contributed by atoms with Crippen LogP contribution >= 0.6 is 0 Å². The van der Waals surface area contributed by atoms with Gasteiger partial charge in [-0.3, -0.25) is 9.80 Å². The molecule has 0 aliphatic carbocycles. The average molecular weight is 265 g/mol. The first kappa shape index (κ1) is 13.0. The summed E-state index contributed by atoms with van der Waals surface area (Å²) in [5.74, 6) is 1.61. The Labute approximate surface area is 114 Å². The lowest BCUT2D eigenvalue weighted by molar-refractivity contribution is 0.0647. The lowest BCUT2D eigenvalue weighted by Gasteiger charge is -2.43. The van der Waals surface area contributed by atoms with E-state index in [2.05, 4.69) is 32.2 Å². The Balaban J connectivity index is 1.45. The molecule has 1 N–H and O–H groups in total. The van der Waals surface area contributed by atoms with Crippen LogP contribution in [0.2, 0.25) is 0 Å². The molecule has 19 heavy (non-hydrogen) atoms. The van der Waals surface area contributed by atoms with Crippen LogP contribution in [0.1, 0.15) is 25.1 Å². The van der Waals surface area contributed by atoms with Crippen molar-refractivity contribution in [1.82, 2.24) is 25.3 Å². The van der Waals surface area contributed by atoms with Gasteiger partial charge in [-0.05, 0) is 6.42 Å². The van der Waals surface area contributed by atoms with E-state index in [9.17, 15) is 0 Å². The van der Waals surface area contributed by atoms with Gasteiger partial charge in [0.25, 0.3) is 0 Å². The Bertz CT molecular complexity index is 395. The van der Waals surface area contributed by atoms with Crippen LogP contribution < -0.4 is 5.32 Å². The summed E-state index contributed by atoms with van der Waals surface area (Å²) in [4.78, 5) is 9.43. The van der Waals surface area contributed by atoms with Gasteiger partial charge in [0.15, 0.2) is 5.82 Å². The molecule has 0 radical (unpaired) electrons. The minimum absolute atomic E-state index is 0.765. The van der Waals surface area contributed by atoms with Crippen molar-refractivity contribution in [2.45, 2.75) is 32.4 Å². The maximum atomic E-state index is 5.30. The summed E-state index contributed by atoms with van der Waals surface area (Å²) in [6, 6.07) is 0.765. The van der Waals surface area contributed by atoms with E-state index in [0.717, 1.165) is 76.4 Å². The maximum Gasteiger partial charge on any atom is 0.240 e. The molecule has 1 aromatic heterocycles. The maximum absolute atomic E-state index is 5.30. The second-order valence-corrected chi connectivity index (χ2v) is 5.48. The van der Waals surface area contributed by atoms with Gasteiger partial charge in [0, 0.05) is 51.7 Å². The number of hydrogen-bond donors (Lipinski definition) is 1. The molecule has 0 bridgehead atoms. The summed E-state index contributed by atoms with van der Waals surface area (Å²) in [5.41, 5.74) is 0. The number of nitrogens with zero attached hydrogens (tertiary/aromatic N) is 4. The molecule has 3 heterocycles. The van der Waals surface area contributed by atoms with Crippen molar-refractivity contribution < 1.29 is 4.52 Å². The van der Waals surface area contributed by atoms with Crippen LogP contribution in [-0.2, 0) is 13.0 Å². The SMILES string of the molecule is CCCc1noc(CN2CCN(C3CNC3)CC2)n1. The molecule has 2 saturated heterocycles. The fourth-order valence-corrected chi connectivity index (χ4v) is 2.69. The molecule has 0 amide bonds. The first-order chi connectivity index (χ1) is 9.35. The van der Waals surface area contributed by atoms with E-state index >= 15 is 0 Å². The van der Waals surface area contributed by atoms with E-state index in [4.69, 9.17) is 4.52 Å². The van der Waals surface area contributed by atoms with E-state index in [-0.39, 0.29) is 0 Å². The highest BCUT2D eigenvalue weighted by atomic mass is 16.5. The third kappa shape index (κ3) is 3.13. The first-order valence-electron chi connectivity index (χ1n) is 7.33. The molecule has 6 heteroatoms. The molecular formula is C13H23N5O. The number of hydrogen-bond acceptors (Lipinski definition) is 6. The molecule has 0 saturated carbocycles. The van der Waals surface area contributed by atoms with Crippen LogP contribution in [0.5, 0.6) is 0 Å². The quantitative estimate of drug-likeness (QED) is 0.815. The highest BCUT2D eigenvalue weighted by molar-refractivity contribution is 4.90. The van der Waals surface area contributed by atoms with Gasteiger partial charge in [0.1, 0.15) is 0 Å². The monoisotopic (exact) mass is 265 g/mol. The Kier molecular flexibility index (Phi) is 4.10. The zero-order valence-electron chi connectivity index (χ0n) is 11.6. The number of rotatable bonds is 5. The first-order valence-corrected chi connectivity index (χ1v) is 7.33. The third-order valence-electron chi connectivity index (χ3n) is 4.03. The standard InChI is InChI=1S/C13H23N5O/c1-2-3-12-15-13(19-16-12)10-17-4-6-18(7-5-17)11-8-14-9-11/h11,14H,2-10H2,1H3. The lowest BCUT2D eigenvalue weighted by atomic mass is 10.1. The number of nitrogens with one attached hydrogen (secondary N) is 1. The van der Waals surface area contributed by atoms with Crippen LogP contribution in [0.15, 0.2) is 4.52 Å². The highest BCUT2D eigenvalue weighted by Crippen LogP contribution is 2.12.